The predicted molar refractivity (Wildman–Crippen MR) is 122 cm³/mol. The first kappa shape index (κ1) is 21.7. The van der Waals surface area contributed by atoms with Gasteiger partial charge in [0.25, 0.3) is 0 Å². The molecule has 1 aromatic rings. The van der Waals surface area contributed by atoms with Crippen molar-refractivity contribution in [2.75, 3.05) is 19.7 Å². The Morgan fingerprint density at radius 3 is 2.74 bits per heavy atom. The summed E-state index contributed by atoms with van der Waals surface area (Å²) < 4.78 is 6.08. The second-order valence-electron chi connectivity index (χ2n) is 9.52. The van der Waals surface area contributed by atoms with Crippen molar-refractivity contribution in [2.45, 2.75) is 58.3 Å². The molecule has 1 saturated carbocycles. The monoisotopic (exact) mass is 422 g/mol. The second-order valence-corrected chi connectivity index (χ2v) is 9.52. The van der Waals surface area contributed by atoms with Gasteiger partial charge in [-0.2, -0.15) is 0 Å². The lowest BCUT2D eigenvalue weighted by atomic mass is 9.78. The largest absolute Gasteiger partial charge is 0.497 e. The number of carbonyl (C=O) groups is 2. The third-order valence-corrected chi connectivity index (χ3v) is 6.44. The lowest BCUT2D eigenvalue weighted by molar-refractivity contribution is -0.122. The number of hydrogen-bond donors (Lipinski definition) is 2. The Morgan fingerprint density at radius 2 is 1.97 bits per heavy atom. The van der Waals surface area contributed by atoms with Crippen molar-refractivity contribution in [3.63, 3.8) is 0 Å². The fourth-order valence-electron chi connectivity index (χ4n) is 4.48. The van der Waals surface area contributed by atoms with Crippen LogP contribution in [0.15, 0.2) is 41.7 Å². The molecule has 2 fully saturated rings. The van der Waals surface area contributed by atoms with Gasteiger partial charge in [-0.15, -0.1) is 0 Å². The summed E-state index contributed by atoms with van der Waals surface area (Å²) in [7, 11) is 0. The lowest BCUT2D eigenvalue weighted by Crippen LogP contribution is -2.35. The highest BCUT2D eigenvalue weighted by Gasteiger charge is 2.33. The van der Waals surface area contributed by atoms with Crippen molar-refractivity contribution < 1.29 is 14.3 Å². The number of allylic oxidation sites excluding steroid dienone is 3. The van der Waals surface area contributed by atoms with Gasteiger partial charge in [-0.25, -0.2) is 0 Å². The van der Waals surface area contributed by atoms with Crippen molar-refractivity contribution in [1.82, 2.24) is 10.6 Å². The van der Waals surface area contributed by atoms with E-state index in [9.17, 15) is 9.59 Å². The van der Waals surface area contributed by atoms with Gasteiger partial charge in [-0.3, -0.25) is 9.59 Å². The van der Waals surface area contributed by atoms with Crippen molar-refractivity contribution in [3.05, 3.63) is 58.4 Å². The van der Waals surface area contributed by atoms with Gasteiger partial charge in [0.1, 0.15) is 0 Å². The zero-order valence-electron chi connectivity index (χ0n) is 18.7. The van der Waals surface area contributed by atoms with E-state index in [1.165, 1.54) is 29.5 Å². The van der Waals surface area contributed by atoms with E-state index in [2.05, 4.69) is 34.9 Å². The number of carbonyl (C=O) groups excluding carboxylic acids is 2. The standard InChI is InChI=1S/C26H34N2O3/c1-17(2)9-10-27-25(29)14-19-5-7-22-21(11-19)6-8-24-23(22)12-20(16-31-24)15-28-26(30)13-18-3-4-18/h5,7-9,11,18,20,23H,3-4,6,10,12-16H2,1-2H3,(H,27,29)(H,28,30). The molecule has 5 heteroatoms. The molecule has 2 unspecified atom stereocenters. The van der Waals surface area contributed by atoms with Crippen LogP contribution in [0.3, 0.4) is 0 Å². The summed E-state index contributed by atoms with van der Waals surface area (Å²) in [5, 5.41) is 6.06. The Hall–Kier alpha value is -2.56. The van der Waals surface area contributed by atoms with Crippen LogP contribution < -0.4 is 10.6 Å². The van der Waals surface area contributed by atoms with Gasteiger partial charge < -0.3 is 15.4 Å². The first-order valence-electron chi connectivity index (χ1n) is 11.6. The van der Waals surface area contributed by atoms with Crippen LogP contribution in [-0.2, 0) is 27.2 Å². The topological polar surface area (TPSA) is 67.4 Å². The highest BCUT2D eigenvalue weighted by molar-refractivity contribution is 5.78. The first-order valence-corrected chi connectivity index (χ1v) is 11.6. The fourth-order valence-corrected chi connectivity index (χ4v) is 4.48. The van der Waals surface area contributed by atoms with Gasteiger partial charge in [0, 0.05) is 31.3 Å². The number of fused-ring (bicyclic) bond motifs is 3. The molecule has 5 nitrogen and oxygen atoms in total. The molecule has 0 bridgehead atoms. The number of ether oxygens (including phenoxy) is 1. The lowest BCUT2D eigenvalue weighted by Gasteiger charge is -2.35. The van der Waals surface area contributed by atoms with Crippen molar-refractivity contribution in [1.29, 1.82) is 0 Å². The van der Waals surface area contributed by atoms with Crippen LogP contribution in [0.5, 0.6) is 0 Å². The van der Waals surface area contributed by atoms with Crippen LogP contribution in [0.2, 0.25) is 0 Å². The summed E-state index contributed by atoms with van der Waals surface area (Å²) in [6.45, 7) is 5.99. The van der Waals surface area contributed by atoms with E-state index in [1.807, 2.05) is 19.9 Å². The van der Waals surface area contributed by atoms with Crippen molar-refractivity contribution in [3.8, 4) is 0 Å². The minimum absolute atomic E-state index is 0.0486. The van der Waals surface area contributed by atoms with E-state index >= 15 is 0 Å². The molecule has 2 amide bonds. The molecule has 2 N–H and O–H groups in total. The molecular weight excluding hydrogens is 388 g/mol. The van der Waals surface area contributed by atoms with Crippen LogP contribution in [0.1, 0.15) is 62.1 Å². The van der Waals surface area contributed by atoms with E-state index in [0.29, 0.717) is 44.4 Å². The number of hydrogen-bond acceptors (Lipinski definition) is 3. The van der Waals surface area contributed by atoms with Gasteiger partial charge in [0.2, 0.25) is 11.8 Å². The molecule has 4 rings (SSSR count). The van der Waals surface area contributed by atoms with Gasteiger partial charge in [0.15, 0.2) is 0 Å². The summed E-state index contributed by atoms with van der Waals surface area (Å²) in [5.74, 6) is 2.50. The summed E-state index contributed by atoms with van der Waals surface area (Å²) in [4.78, 5) is 24.3. The van der Waals surface area contributed by atoms with Gasteiger partial charge in [-0.1, -0.05) is 29.8 Å². The normalized spacial score (nSPS) is 21.7. The van der Waals surface area contributed by atoms with E-state index in [-0.39, 0.29) is 17.7 Å². The maximum Gasteiger partial charge on any atom is 0.224 e. The average molecular weight is 423 g/mol. The Kier molecular flexibility index (Phi) is 6.79. The molecule has 1 aliphatic heterocycles. The SMILES string of the molecule is CC(C)=CCNC(=O)Cc1ccc2c(c1)CC=C1OCC(CNC(=O)CC3CC3)CC12. The molecule has 0 radical (unpaired) electrons. The minimum Gasteiger partial charge on any atom is -0.497 e. The van der Waals surface area contributed by atoms with Crippen LogP contribution >= 0.6 is 0 Å². The number of amides is 2. The van der Waals surface area contributed by atoms with Crippen LogP contribution in [0.25, 0.3) is 0 Å². The minimum atomic E-state index is 0.0486. The zero-order valence-corrected chi connectivity index (χ0v) is 18.7. The van der Waals surface area contributed by atoms with E-state index in [1.54, 1.807) is 0 Å². The van der Waals surface area contributed by atoms with E-state index in [4.69, 9.17) is 4.74 Å². The van der Waals surface area contributed by atoms with Crippen molar-refractivity contribution >= 4 is 11.8 Å². The summed E-state index contributed by atoms with van der Waals surface area (Å²) in [5.41, 5.74) is 4.84. The maximum atomic E-state index is 12.2. The third-order valence-electron chi connectivity index (χ3n) is 6.44. The molecule has 2 aliphatic carbocycles. The Bertz CT molecular complexity index is 894. The molecule has 1 heterocycles. The van der Waals surface area contributed by atoms with Gasteiger partial charge in [-0.05, 0) is 68.2 Å². The molecule has 3 aliphatic rings. The molecular formula is C26H34N2O3. The summed E-state index contributed by atoms with van der Waals surface area (Å²) >= 11 is 0. The molecule has 166 valence electrons. The molecule has 1 aromatic carbocycles. The van der Waals surface area contributed by atoms with E-state index in [0.717, 1.165) is 24.2 Å². The molecule has 2 atom stereocenters. The first-order chi connectivity index (χ1) is 15.0. The molecule has 1 saturated heterocycles. The highest BCUT2D eigenvalue weighted by atomic mass is 16.5. The van der Waals surface area contributed by atoms with Crippen LogP contribution in [-0.4, -0.2) is 31.5 Å². The Morgan fingerprint density at radius 1 is 1.13 bits per heavy atom. The third kappa shape index (κ3) is 5.99. The fraction of sp³-hybridized carbons (Fsp3) is 0.538. The smallest absolute Gasteiger partial charge is 0.224 e. The second kappa shape index (κ2) is 9.71. The number of nitrogens with one attached hydrogen (secondary N) is 2. The van der Waals surface area contributed by atoms with Gasteiger partial charge in [0.05, 0.1) is 18.8 Å². The number of rotatable bonds is 8. The average Bonchev–Trinajstić information content (AvgIpc) is 3.55. The Balaban J connectivity index is 1.34. The summed E-state index contributed by atoms with van der Waals surface area (Å²) in [6, 6.07) is 6.41. The summed E-state index contributed by atoms with van der Waals surface area (Å²) in [6.07, 6.45) is 9.52. The zero-order chi connectivity index (χ0) is 21.8. The van der Waals surface area contributed by atoms with Crippen LogP contribution in [0, 0.1) is 11.8 Å². The van der Waals surface area contributed by atoms with Crippen LogP contribution in [0.4, 0.5) is 0 Å². The molecule has 0 spiro atoms. The van der Waals surface area contributed by atoms with Gasteiger partial charge >= 0.3 is 0 Å². The molecule has 0 aromatic heterocycles. The molecule has 31 heavy (non-hydrogen) atoms. The quantitative estimate of drug-likeness (QED) is 0.627. The predicted octanol–water partition coefficient (Wildman–Crippen LogP) is 3.79. The number of benzene rings is 1. The highest BCUT2D eigenvalue weighted by Crippen LogP contribution is 2.41. The maximum absolute atomic E-state index is 12.2. The van der Waals surface area contributed by atoms with E-state index < -0.39 is 0 Å². The Labute approximate surface area is 185 Å². The van der Waals surface area contributed by atoms with Crippen molar-refractivity contribution in [2.24, 2.45) is 11.8 Å².